The largest absolute Gasteiger partial charge is 0.357 e. The number of aromatic nitrogens is 4. The second-order valence-corrected chi connectivity index (χ2v) is 7.23. The minimum Gasteiger partial charge on any atom is -0.357 e. The Balaban J connectivity index is 1.80. The molecule has 0 saturated heterocycles. The summed E-state index contributed by atoms with van der Waals surface area (Å²) in [6.45, 7) is 1.40. The van der Waals surface area contributed by atoms with Gasteiger partial charge in [0.15, 0.2) is 11.5 Å². The molecule has 4 aromatic rings. The molecular weight excluding hydrogens is 411 g/mol. The Morgan fingerprint density at radius 3 is 2.10 bits per heavy atom. The van der Waals surface area contributed by atoms with Gasteiger partial charge in [0, 0.05) is 17.0 Å². The van der Waals surface area contributed by atoms with Gasteiger partial charge >= 0.3 is 0 Å². The monoisotopic (exact) mass is 426 g/mol. The number of carbonyl (C=O) groups excluding carboxylic acids is 1. The first-order valence-corrected chi connectivity index (χ1v) is 9.51. The summed E-state index contributed by atoms with van der Waals surface area (Å²) in [7, 11) is 0. The molecule has 7 nitrogen and oxygen atoms in total. The first-order chi connectivity index (χ1) is 14.0. The van der Waals surface area contributed by atoms with E-state index >= 15 is 0 Å². The third-order valence-corrected chi connectivity index (χ3v) is 4.77. The van der Waals surface area contributed by atoms with E-state index in [9.17, 15) is 4.79 Å². The van der Waals surface area contributed by atoms with Gasteiger partial charge < -0.3 is 10.3 Å². The van der Waals surface area contributed by atoms with Crippen LogP contribution in [-0.4, -0.2) is 25.8 Å². The van der Waals surface area contributed by atoms with Crippen LogP contribution in [0.2, 0.25) is 10.0 Å². The van der Waals surface area contributed by atoms with Gasteiger partial charge in [-0.05, 0) is 35.4 Å². The SMILES string of the molecule is CC(=O)Nc1nc(NC(c2ccc(Cl)cc2)c2ccc(Cl)cc2)c2[nH]cnc2n1. The molecule has 0 aliphatic rings. The van der Waals surface area contributed by atoms with E-state index in [1.807, 2.05) is 48.5 Å². The molecular formula is C20H16Cl2N6O. The first-order valence-electron chi connectivity index (χ1n) is 8.76. The molecule has 0 aliphatic carbocycles. The maximum Gasteiger partial charge on any atom is 0.233 e. The van der Waals surface area contributed by atoms with Gasteiger partial charge in [-0.3, -0.25) is 10.1 Å². The first kappa shape index (κ1) is 19.2. The fourth-order valence-electron chi connectivity index (χ4n) is 2.96. The number of nitrogens with one attached hydrogen (secondary N) is 3. The van der Waals surface area contributed by atoms with Crippen LogP contribution in [0.4, 0.5) is 11.8 Å². The number of carbonyl (C=O) groups is 1. The van der Waals surface area contributed by atoms with Crippen molar-refractivity contribution in [3.8, 4) is 0 Å². The maximum absolute atomic E-state index is 11.5. The molecule has 0 bridgehead atoms. The molecule has 146 valence electrons. The second-order valence-electron chi connectivity index (χ2n) is 6.36. The molecule has 9 heteroatoms. The minimum absolute atomic E-state index is 0.172. The predicted octanol–water partition coefficient (Wildman–Crippen LogP) is 4.82. The number of hydrogen-bond donors (Lipinski definition) is 3. The van der Waals surface area contributed by atoms with Crippen LogP contribution in [-0.2, 0) is 4.79 Å². The predicted molar refractivity (Wildman–Crippen MR) is 114 cm³/mol. The van der Waals surface area contributed by atoms with Crippen LogP contribution in [0, 0.1) is 0 Å². The number of amides is 1. The zero-order valence-electron chi connectivity index (χ0n) is 15.3. The molecule has 4 rings (SSSR count). The Morgan fingerprint density at radius 2 is 1.55 bits per heavy atom. The summed E-state index contributed by atoms with van der Waals surface area (Å²) in [6.07, 6.45) is 1.53. The molecule has 0 saturated carbocycles. The topological polar surface area (TPSA) is 95.6 Å². The number of imidazole rings is 1. The molecule has 29 heavy (non-hydrogen) atoms. The standard InChI is InChI=1S/C20H16Cl2N6O/c1-11(29)25-20-27-18-17(23-10-24-18)19(28-20)26-16(12-2-6-14(21)7-3-12)13-4-8-15(22)9-5-13/h2-10,16H,1H3,(H3,23,24,25,26,27,28,29). The van der Waals surface area contributed by atoms with Gasteiger partial charge in [0.1, 0.15) is 5.52 Å². The fraction of sp³-hybridized carbons (Fsp3) is 0.100. The number of fused-ring (bicyclic) bond motifs is 1. The van der Waals surface area contributed by atoms with E-state index in [1.54, 1.807) is 0 Å². The second kappa shape index (κ2) is 8.06. The Kier molecular flexibility index (Phi) is 5.33. The van der Waals surface area contributed by atoms with Crippen LogP contribution < -0.4 is 10.6 Å². The molecule has 0 unspecified atom stereocenters. The summed E-state index contributed by atoms with van der Waals surface area (Å²) in [4.78, 5) is 27.4. The lowest BCUT2D eigenvalue weighted by molar-refractivity contribution is -0.114. The minimum atomic E-state index is -0.266. The summed E-state index contributed by atoms with van der Waals surface area (Å²) in [5, 5.41) is 7.33. The maximum atomic E-state index is 11.5. The molecule has 0 atom stereocenters. The van der Waals surface area contributed by atoms with Gasteiger partial charge in [-0.1, -0.05) is 47.5 Å². The number of rotatable bonds is 5. The third-order valence-electron chi connectivity index (χ3n) is 4.26. The Labute approximate surface area is 176 Å². The Bertz CT molecular complexity index is 1110. The van der Waals surface area contributed by atoms with Crippen molar-refractivity contribution in [3.63, 3.8) is 0 Å². The van der Waals surface area contributed by atoms with Crippen molar-refractivity contribution in [3.05, 3.63) is 76.0 Å². The van der Waals surface area contributed by atoms with Gasteiger partial charge in [-0.25, -0.2) is 4.98 Å². The molecule has 3 N–H and O–H groups in total. The summed E-state index contributed by atoms with van der Waals surface area (Å²) in [5.41, 5.74) is 3.03. The lowest BCUT2D eigenvalue weighted by Gasteiger charge is -2.21. The molecule has 2 aromatic carbocycles. The number of nitrogens with zero attached hydrogens (tertiary/aromatic N) is 3. The van der Waals surface area contributed by atoms with Crippen molar-refractivity contribution in [1.82, 2.24) is 19.9 Å². The molecule has 0 aliphatic heterocycles. The van der Waals surface area contributed by atoms with Crippen LogP contribution in [0.3, 0.4) is 0 Å². The van der Waals surface area contributed by atoms with Crippen molar-refractivity contribution in [1.29, 1.82) is 0 Å². The van der Waals surface area contributed by atoms with E-state index in [0.29, 0.717) is 27.0 Å². The molecule has 0 spiro atoms. The quantitative estimate of drug-likeness (QED) is 0.425. The molecule has 2 aromatic heterocycles. The van der Waals surface area contributed by atoms with Gasteiger partial charge in [0.05, 0.1) is 12.4 Å². The average molecular weight is 427 g/mol. The molecule has 0 radical (unpaired) electrons. The third kappa shape index (κ3) is 4.31. The van der Waals surface area contributed by atoms with Crippen LogP contribution in [0.5, 0.6) is 0 Å². The summed E-state index contributed by atoms with van der Waals surface area (Å²) in [6, 6.07) is 14.8. The van der Waals surface area contributed by atoms with Gasteiger partial charge in [0.25, 0.3) is 0 Å². The highest BCUT2D eigenvalue weighted by Crippen LogP contribution is 2.30. The fourth-order valence-corrected chi connectivity index (χ4v) is 3.21. The average Bonchev–Trinajstić information content (AvgIpc) is 3.16. The normalized spacial score (nSPS) is 11.0. The molecule has 1 amide bonds. The zero-order valence-corrected chi connectivity index (χ0v) is 16.8. The number of hydrogen-bond acceptors (Lipinski definition) is 5. The number of anilines is 2. The highest BCUT2D eigenvalue weighted by Gasteiger charge is 2.19. The number of benzene rings is 2. The summed E-state index contributed by atoms with van der Waals surface area (Å²) < 4.78 is 0. The van der Waals surface area contributed by atoms with E-state index in [2.05, 4.69) is 30.6 Å². The molecule has 2 heterocycles. The van der Waals surface area contributed by atoms with E-state index < -0.39 is 0 Å². The van der Waals surface area contributed by atoms with E-state index in [4.69, 9.17) is 23.2 Å². The Hall–Kier alpha value is -3.16. The van der Waals surface area contributed by atoms with Crippen LogP contribution >= 0.6 is 23.2 Å². The van der Waals surface area contributed by atoms with Crippen LogP contribution in [0.15, 0.2) is 54.9 Å². The lowest BCUT2D eigenvalue weighted by Crippen LogP contribution is -2.16. The van der Waals surface area contributed by atoms with Crippen molar-refractivity contribution in [2.75, 3.05) is 10.6 Å². The number of aromatic amines is 1. The van der Waals surface area contributed by atoms with Crippen molar-refractivity contribution in [2.45, 2.75) is 13.0 Å². The van der Waals surface area contributed by atoms with Gasteiger partial charge in [-0.2, -0.15) is 9.97 Å². The van der Waals surface area contributed by atoms with Crippen LogP contribution in [0.1, 0.15) is 24.1 Å². The van der Waals surface area contributed by atoms with Gasteiger partial charge in [0.2, 0.25) is 11.9 Å². The van der Waals surface area contributed by atoms with Crippen LogP contribution in [0.25, 0.3) is 11.2 Å². The molecule has 0 fully saturated rings. The zero-order chi connectivity index (χ0) is 20.4. The van der Waals surface area contributed by atoms with E-state index in [0.717, 1.165) is 11.1 Å². The Morgan fingerprint density at radius 1 is 0.966 bits per heavy atom. The van der Waals surface area contributed by atoms with E-state index in [-0.39, 0.29) is 17.9 Å². The summed E-state index contributed by atoms with van der Waals surface area (Å²) >= 11 is 12.1. The smallest absolute Gasteiger partial charge is 0.233 e. The summed E-state index contributed by atoms with van der Waals surface area (Å²) in [5.74, 6) is 0.412. The highest BCUT2D eigenvalue weighted by molar-refractivity contribution is 6.30. The number of halogens is 2. The highest BCUT2D eigenvalue weighted by atomic mass is 35.5. The lowest BCUT2D eigenvalue weighted by atomic mass is 9.98. The van der Waals surface area contributed by atoms with Gasteiger partial charge in [-0.15, -0.1) is 0 Å². The van der Waals surface area contributed by atoms with Crippen molar-refractivity contribution in [2.24, 2.45) is 0 Å². The number of H-pyrrole nitrogens is 1. The van der Waals surface area contributed by atoms with E-state index in [1.165, 1.54) is 13.3 Å². The van der Waals surface area contributed by atoms with Crippen molar-refractivity contribution >= 4 is 52.0 Å². The van der Waals surface area contributed by atoms with Crippen molar-refractivity contribution < 1.29 is 4.79 Å².